The number of sulfonamides is 1. The lowest BCUT2D eigenvalue weighted by Gasteiger charge is -2.32. The smallest absolute Gasteiger partial charge is 0.264 e. The molecule has 3 aromatic carbocycles. The van der Waals surface area contributed by atoms with Gasteiger partial charge >= 0.3 is 0 Å². The van der Waals surface area contributed by atoms with E-state index in [4.69, 9.17) is 11.6 Å². The van der Waals surface area contributed by atoms with Gasteiger partial charge in [0.25, 0.3) is 10.0 Å². The fourth-order valence-corrected chi connectivity index (χ4v) is 5.27. The van der Waals surface area contributed by atoms with Crippen molar-refractivity contribution in [3.8, 4) is 0 Å². The molecule has 0 aliphatic rings. The van der Waals surface area contributed by atoms with Gasteiger partial charge in [0.05, 0.1) is 10.6 Å². The van der Waals surface area contributed by atoms with Gasteiger partial charge < -0.3 is 10.2 Å². The van der Waals surface area contributed by atoms with Gasteiger partial charge in [-0.15, -0.1) is 0 Å². The summed E-state index contributed by atoms with van der Waals surface area (Å²) in [5.41, 5.74) is 2.91. The van der Waals surface area contributed by atoms with Crippen LogP contribution in [-0.2, 0) is 26.2 Å². The maximum atomic E-state index is 13.7. The molecule has 0 aromatic heterocycles. The third-order valence-electron chi connectivity index (χ3n) is 5.94. The monoisotopic (exact) mass is 527 g/mol. The van der Waals surface area contributed by atoms with Crippen LogP contribution in [0.3, 0.4) is 0 Å². The maximum Gasteiger partial charge on any atom is 0.264 e. The largest absolute Gasteiger partial charge is 0.357 e. The Morgan fingerprint density at radius 1 is 0.972 bits per heavy atom. The molecule has 0 heterocycles. The van der Waals surface area contributed by atoms with Gasteiger partial charge in [-0.3, -0.25) is 13.9 Å². The van der Waals surface area contributed by atoms with E-state index in [1.807, 2.05) is 38.1 Å². The minimum Gasteiger partial charge on any atom is -0.357 e. The summed E-state index contributed by atoms with van der Waals surface area (Å²) in [6.45, 7) is 5.01. The summed E-state index contributed by atoms with van der Waals surface area (Å²) in [5, 5.41) is 2.95. The average Bonchev–Trinajstić information content (AvgIpc) is 2.88. The van der Waals surface area contributed by atoms with E-state index in [0.717, 1.165) is 21.0 Å². The van der Waals surface area contributed by atoms with Crippen LogP contribution >= 0.6 is 11.6 Å². The summed E-state index contributed by atoms with van der Waals surface area (Å²) in [6.07, 6.45) is 0. The van der Waals surface area contributed by atoms with E-state index in [-0.39, 0.29) is 23.0 Å². The van der Waals surface area contributed by atoms with Crippen LogP contribution in [0.25, 0.3) is 0 Å². The number of nitrogens with zero attached hydrogens (tertiary/aromatic N) is 2. The second-order valence-electron chi connectivity index (χ2n) is 8.56. The highest BCUT2D eigenvalue weighted by molar-refractivity contribution is 7.92. The quantitative estimate of drug-likeness (QED) is 0.449. The van der Waals surface area contributed by atoms with Crippen molar-refractivity contribution in [2.45, 2.75) is 38.3 Å². The predicted molar refractivity (Wildman–Crippen MR) is 142 cm³/mol. The van der Waals surface area contributed by atoms with Crippen molar-refractivity contribution in [3.63, 3.8) is 0 Å². The highest BCUT2D eigenvalue weighted by Gasteiger charge is 2.32. The van der Waals surface area contributed by atoms with Crippen molar-refractivity contribution in [3.05, 3.63) is 94.5 Å². The van der Waals surface area contributed by atoms with Gasteiger partial charge in [0.2, 0.25) is 11.8 Å². The Labute approximate surface area is 217 Å². The van der Waals surface area contributed by atoms with E-state index in [1.54, 1.807) is 37.3 Å². The highest BCUT2D eigenvalue weighted by atomic mass is 35.5. The molecule has 3 aromatic rings. The number of carbonyl (C=O) groups excluding carboxylic acids is 2. The normalized spacial score (nSPS) is 12.0. The number of amides is 2. The number of aryl methyl sites for hydroxylation is 2. The summed E-state index contributed by atoms with van der Waals surface area (Å²) in [5.74, 6) is -0.880. The molecular formula is C27H30ClN3O4S. The molecule has 3 rings (SSSR count). The molecule has 1 unspecified atom stereocenters. The first kappa shape index (κ1) is 27.2. The molecule has 36 heavy (non-hydrogen) atoms. The lowest BCUT2D eigenvalue weighted by atomic mass is 10.1. The van der Waals surface area contributed by atoms with Gasteiger partial charge in [0.15, 0.2) is 0 Å². The van der Waals surface area contributed by atoms with Gasteiger partial charge in [0.1, 0.15) is 12.6 Å². The number of hydrogen-bond donors (Lipinski definition) is 1. The Balaban J connectivity index is 2.04. The van der Waals surface area contributed by atoms with Crippen molar-refractivity contribution in [2.75, 3.05) is 17.9 Å². The predicted octanol–water partition coefficient (Wildman–Crippen LogP) is 4.32. The first-order valence-electron chi connectivity index (χ1n) is 11.4. The van der Waals surface area contributed by atoms with E-state index >= 15 is 0 Å². The molecule has 0 aliphatic heterocycles. The van der Waals surface area contributed by atoms with Gasteiger partial charge in [-0.2, -0.15) is 0 Å². The molecule has 9 heteroatoms. The lowest BCUT2D eigenvalue weighted by molar-refractivity contribution is -0.139. The second-order valence-corrected chi connectivity index (χ2v) is 10.8. The van der Waals surface area contributed by atoms with Gasteiger partial charge in [-0.05, 0) is 56.2 Å². The zero-order valence-electron chi connectivity index (χ0n) is 20.7. The molecule has 0 bridgehead atoms. The number of anilines is 1. The van der Waals surface area contributed by atoms with Crippen molar-refractivity contribution >= 4 is 39.1 Å². The van der Waals surface area contributed by atoms with Crippen LogP contribution in [0.15, 0.2) is 77.7 Å². The molecular weight excluding hydrogens is 498 g/mol. The van der Waals surface area contributed by atoms with E-state index in [9.17, 15) is 18.0 Å². The Kier molecular flexibility index (Phi) is 8.76. The molecule has 0 saturated heterocycles. The number of halogens is 1. The molecule has 0 aliphatic carbocycles. The molecule has 7 nitrogen and oxygen atoms in total. The Bertz CT molecular complexity index is 1330. The van der Waals surface area contributed by atoms with E-state index in [0.29, 0.717) is 5.02 Å². The minimum absolute atomic E-state index is 0.0407. The fraction of sp³-hybridized carbons (Fsp3) is 0.259. The molecule has 0 fully saturated rings. The zero-order valence-corrected chi connectivity index (χ0v) is 22.3. The summed E-state index contributed by atoms with van der Waals surface area (Å²) in [4.78, 5) is 27.6. The maximum absolute atomic E-state index is 13.7. The first-order chi connectivity index (χ1) is 17.0. The standard InChI is InChI=1S/C27H30ClN3O4S/c1-19-10-13-22(14-11-19)17-30(21(3)27(33)29-4)26(32)18-31(23-15-12-20(2)25(28)16-23)36(34,35)24-8-6-5-7-9-24/h5-16,21H,17-18H2,1-4H3,(H,29,33). The minimum atomic E-state index is -4.12. The fourth-order valence-electron chi connectivity index (χ4n) is 3.67. The van der Waals surface area contributed by atoms with Crippen LogP contribution in [-0.4, -0.2) is 44.8 Å². The first-order valence-corrected chi connectivity index (χ1v) is 13.3. The molecule has 0 saturated carbocycles. The molecule has 2 amide bonds. The van der Waals surface area contributed by atoms with Crippen LogP contribution in [0.2, 0.25) is 5.02 Å². The number of carbonyl (C=O) groups is 2. The van der Waals surface area contributed by atoms with Gasteiger partial charge in [0, 0.05) is 18.6 Å². The SMILES string of the molecule is CNC(=O)C(C)N(Cc1ccc(C)cc1)C(=O)CN(c1ccc(C)c(Cl)c1)S(=O)(=O)c1ccccc1. The van der Waals surface area contributed by atoms with Crippen LogP contribution in [0.4, 0.5) is 5.69 Å². The number of nitrogens with one attached hydrogen (secondary N) is 1. The second kappa shape index (κ2) is 11.6. The Hall–Kier alpha value is -3.36. The lowest BCUT2D eigenvalue weighted by Crippen LogP contribution is -2.50. The molecule has 1 atom stereocenters. The number of likely N-dealkylation sites (N-methyl/N-ethyl adjacent to an activating group) is 1. The van der Waals surface area contributed by atoms with Gasteiger partial charge in [-0.25, -0.2) is 8.42 Å². The molecule has 0 radical (unpaired) electrons. The number of rotatable bonds is 9. The summed E-state index contributed by atoms with van der Waals surface area (Å²) in [7, 11) is -2.62. The van der Waals surface area contributed by atoms with Crippen molar-refractivity contribution in [1.82, 2.24) is 10.2 Å². The molecule has 1 N–H and O–H groups in total. The van der Waals surface area contributed by atoms with Crippen molar-refractivity contribution in [2.24, 2.45) is 0 Å². The number of benzene rings is 3. The van der Waals surface area contributed by atoms with E-state index in [2.05, 4.69) is 5.32 Å². The van der Waals surface area contributed by atoms with Crippen LogP contribution < -0.4 is 9.62 Å². The third kappa shape index (κ3) is 6.25. The number of hydrogen-bond acceptors (Lipinski definition) is 4. The average molecular weight is 528 g/mol. The summed E-state index contributed by atoms with van der Waals surface area (Å²) >= 11 is 6.31. The van der Waals surface area contributed by atoms with Crippen LogP contribution in [0.5, 0.6) is 0 Å². The Morgan fingerprint density at radius 3 is 2.19 bits per heavy atom. The Morgan fingerprint density at radius 2 is 1.61 bits per heavy atom. The van der Waals surface area contributed by atoms with E-state index < -0.39 is 28.5 Å². The van der Waals surface area contributed by atoms with Crippen molar-refractivity contribution in [1.29, 1.82) is 0 Å². The topological polar surface area (TPSA) is 86.8 Å². The van der Waals surface area contributed by atoms with E-state index in [1.165, 1.54) is 30.1 Å². The third-order valence-corrected chi connectivity index (χ3v) is 8.14. The van der Waals surface area contributed by atoms with Gasteiger partial charge in [-0.1, -0.05) is 65.7 Å². The molecule has 0 spiro atoms. The highest BCUT2D eigenvalue weighted by Crippen LogP contribution is 2.28. The van der Waals surface area contributed by atoms with Crippen molar-refractivity contribution < 1.29 is 18.0 Å². The summed E-state index contributed by atoms with van der Waals surface area (Å²) in [6, 6.07) is 19.5. The summed E-state index contributed by atoms with van der Waals surface area (Å²) < 4.78 is 28.4. The van der Waals surface area contributed by atoms with Crippen LogP contribution in [0, 0.1) is 13.8 Å². The zero-order chi connectivity index (χ0) is 26.5. The molecule has 190 valence electrons. The van der Waals surface area contributed by atoms with Crippen LogP contribution in [0.1, 0.15) is 23.6 Å².